The van der Waals surface area contributed by atoms with Gasteiger partial charge < -0.3 is 0 Å². The summed E-state index contributed by atoms with van der Waals surface area (Å²) < 4.78 is 12.0. The normalized spacial score (nSPS) is 13.1. The van der Waals surface area contributed by atoms with Crippen LogP contribution in [0.4, 0.5) is 0 Å². The second kappa shape index (κ2) is 6.56. The number of halogens is 2. The number of benzene rings is 1. The van der Waals surface area contributed by atoms with Gasteiger partial charge in [-0.2, -0.15) is 5.26 Å². The Morgan fingerprint density at radius 3 is 2.39 bits per heavy atom. The summed E-state index contributed by atoms with van der Waals surface area (Å²) in [6.45, 7) is 3.68. The maximum absolute atomic E-state index is 12.0. The molecule has 2 nitrogen and oxygen atoms in total. The summed E-state index contributed by atoms with van der Waals surface area (Å²) in [5, 5.41) is 9.97. The van der Waals surface area contributed by atoms with Crippen molar-refractivity contribution in [3.8, 4) is 6.07 Å². The molecule has 0 unspecified atom stereocenters. The molecule has 98 valence electrons. The van der Waals surface area contributed by atoms with E-state index in [1.165, 1.54) is 0 Å². The predicted molar refractivity (Wildman–Crippen MR) is 77.2 cm³/mol. The van der Waals surface area contributed by atoms with Crippen molar-refractivity contribution in [2.24, 2.45) is 5.41 Å². The molecule has 0 spiro atoms. The van der Waals surface area contributed by atoms with Crippen LogP contribution in [0.2, 0.25) is 10.0 Å². The van der Waals surface area contributed by atoms with Gasteiger partial charge in [0.2, 0.25) is 0 Å². The Kier molecular flexibility index (Phi) is 5.65. The highest BCUT2D eigenvalue weighted by atomic mass is 35.5. The standard InChI is InChI=1S/C13H15Cl2NOS/c1-13(2,9-16)6-7-18(17)8-10-11(14)4-3-5-12(10)15/h3-5H,6-8H2,1-2H3/t18-/m1/s1. The molecule has 0 saturated carbocycles. The Hall–Kier alpha value is -0.560. The largest absolute Gasteiger partial charge is 0.259 e. The summed E-state index contributed by atoms with van der Waals surface area (Å²) >= 11 is 12.0. The van der Waals surface area contributed by atoms with Crippen molar-refractivity contribution in [2.45, 2.75) is 26.0 Å². The van der Waals surface area contributed by atoms with Crippen LogP contribution < -0.4 is 0 Å². The number of hydrogen-bond acceptors (Lipinski definition) is 2. The third kappa shape index (κ3) is 4.61. The second-order valence-corrected chi connectivity index (χ2v) is 7.13. The number of nitrogens with zero attached hydrogens (tertiary/aromatic N) is 1. The highest BCUT2D eigenvalue weighted by Crippen LogP contribution is 2.26. The Labute approximate surface area is 120 Å². The topological polar surface area (TPSA) is 40.9 Å². The van der Waals surface area contributed by atoms with Crippen LogP contribution in [0.25, 0.3) is 0 Å². The van der Waals surface area contributed by atoms with Crippen molar-refractivity contribution >= 4 is 34.0 Å². The summed E-state index contributed by atoms with van der Waals surface area (Å²) in [5.41, 5.74) is 0.272. The fourth-order valence-corrected chi connectivity index (χ4v) is 3.53. The maximum atomic E-state index is 12.0. The Morgan fingerprint density at radius 2 is 1.89 bits per heavy atom. The number of hydrogen-bond donors (Lipinski definition) is 0. The van der Waals surface area contributed by atoms with Crippen molar-refractivity contribution in [3.05, 3.63) is 33.8 Å². The molecule has 0 bridgehead atoms. The van der Waals surface area contributed by atoms with Crippen molar-refractivity contribution in [3.63, 3.8) is 0 Å². The number of rotatable bonds is 5. The maximum Gasteiger partial charge on any atom is 0.0684 e. The Balaban J connectivity index is 2.64. The van der Waals surface area contributed by atoms with Crippen LogP contribution in [-0.2, 0) is 16.6 Å². The van der Waals surface area contributed by atoms with Crippen LogP contribution in [0.3, 0.4) is 0 Å². The first-order chi connectivity index (χ1) is 8.35. The zero-order valence-corrected chi connectivity index (χ0v) is 12.7. The van der Waals surface area contributed by atoms with Crippen LogP contribution in [0, 0.1) is 16.7 Å². The second-order valence-electron chi connectivity index (χ2n) is 4.73. The monoisotopic (exact) mass is 303 g/mol. The molecule has 1 aromatic carbocycles. The first-order valence-electron chi connectivity index (χ1n) is 5.55. The van der Waals surface area contributed by atoms with Crippen LogP contribution in [0.15, 0.2) is 18.2 Å². The van der Waals surface area contributed by atoms with Gasteiger partial charge in [-0.3, -0.25) is 4.21 Å². The summed E-state index contributed by atoms with van der Waals surface area (Å²) in [4.78, 5) is 0. The molecule has 0 aliphatic carbocycles. The van der Waals surface area contributed by atoms with Crippen molar-refractivity contribution < 1.29 is 4.21 Å². The Morgan fingerprint density at radius 1 is 1.33 bits per heavy atom. The highest BCUT2D eigenvalue weighted by Gasteiger charge is 2.18. The van der Waals surface area contributed by atoms with E-state index in [9.17, 15) is 4.21 Å². The lowest BCUT2D eigenvalue weighted by atomic mass is 9.93. The van der Waals surface area contributed by atoms with Gasteiger partial charge in [-0.1, -0.05) is 29.3 Å². The fourth-order valence-electron chi connectivity index (χ4n) is 1.33. The fraction of sp³-hybridized carbons (Fsp3) is 0.462. The third-order valence-corrected chi connectivity index (χ3v) is 4.60. The van der Waals surface area contributed by atoms with Crippen molar-refractivity contribution in [2.75, 3.05) is 5.75 Å². The molecule has 0 heterocycles. The van der Waals surface area contributed by atoms with E-state index in [0.717, 1.165) is 0 Å². The lowest BCUT2D eigenvalue weighted by Crippen LogP contribution is -2.13. The first-order valence-corrected chi connectivity index (χ1v) is 7.79. The molecule has 1 atom stereocenters. The van der Waals surface area contributed by atoms with E-state index in [0.29, 0.717) is 33.5 Å². The van der Waals surface area contributed by atoms with E-state index in [2.05, 4.69) is 6.07 Å². The van der Waals surface area contributed by atoms with Crippen molar-refractivity contribution in [1.29, 1.82) is 5.26 Å². The van der Waals surface area contributed by atoms with E-state index < -0.39 is 16.2 Å². The summed E-state index contributed by atoms with van der Waals surface area (Å²) in [6.07, 6.45) is 0.595. The van der Waals surface area contributed by atoms with Gasteiger partial charge in [-0.05, 0) is 32.4 Å². The molecule has 0 amide bonds. The zero-order chi connectivity index (χ0) is 13.8. The molecular formula is C13H15Cl2NOS. The van der Waals surface area contributed by atoms with Crippen LogP contribution in [0.5, 0.6) is 0 Å². The van der Waals surface area contributed by atoms with Crippen molar-refractivity contribution in [1.82, 2.24) is 0 Å². The molecule has 1 rings (SSSR count). The van der Waals surface area contributed by atoms with E-state index in [1.54, 1.807) is 18.2 Å². The van der Waals surface area contributed by atoms with Gasteiger partial charge in [-0.15, -0.1) is 0 Å². The van der Waals surface area contributed by atoms with Crippen LogP contribution in [-0.4, -0.2) is 9.96 Å². The first kappa shape index (κ1) is 15.5. The minimum atomic E-state index is -1.06. The summed E-state index contributed by atoms with van der Waals surface area (Å²) in [7, 11) is -1.06. The highest BCUT2D eigenvalue weighted by molar-refractivity contribution is 7.84. The van der Waals surface area contributed by atoms with E-state index >= 15 is 0 Å². The summed E-state index contributed by atoms with van der Waals surface area (Å²) in [5.74, 6) is 0.808. The SMILES string of the molecule is CC(C)(C#N)CC[S@@](=O)Cc1c(Cl)cccc1Cl. The molecular weight excluding hydrogens is 289 g/mol. The van der Waals surface area contributed by atoms with Gasteiger partial charge in [0.1, 0.15) is 0 Å². The van der Waals surface area contributed by atoms with Gasteiger partial charge >= 0.3 is 0 Å². The molecule has 0 aliphatic heterocycles. The minimum absolute atomic E-state index is 0.333. The van der Waals surface area contributed by atoms with Crippen LogP contribution >= 0.6 is 23.2 Å². The van der Waals surface area contributed by atoms with Gasteiger partial charge in [0, 0.05) is 32.2 Å². The summed E-state index contributed by atoms with van der Waals surface area (Å²) in [6, 6.07) is 7.43. The van der Waals surface area contributed by atoms with Gasteiger partial charge in [0.15, 0.2) is 0 Å². The molecule has 5 heteroatoms. The molecule has 18 heavy (non-hydrogen) atoms. The minimum Gasteiger partial charge on any atom is -0.259 e. The quantitative estimate of drug-likeness (QED) is 0.818. The average Bonchev–Trinajstić information content (AvgIpc) is 2.32. The average molecular weight is 304 g/mol. The molecule has 0 saturated heterocycles. The van der Waals surface area contributed by atoms with Gasteiger partial charge in [0.05, 0.1) is 17.2 Å². The predicted octanol–water partition coefficient (Wildman–Crippen LogP) is 4.18. The molecule has 0 fully saturated rings. The molecule has 0 radical (unpaired) electrons. The third-order valence-electron chi connectivity index (χ3n) is 2.62. The smallest absolute Gasteiger partial charge is 0.0684 e. The lowest BCUT2D eigenvalue weighted by molar-refractivity contribution is 0.479. The van der Waals surface area contributed by atoms with E-state index in [4.69, 9.17) is 28.5 Å². The van der Waals surface area contributed by atoms with Gasteiger partial charge in [0.25, 0.3) is 0 Å². The Bertz CT molecular complexity index is 474. The van der Waals surface area contributed by atoms with E-state index in [1.807, 2.05) is 13.8 Å². The molecule has 0 N–H and O–H groups in total. The molecule has 0 aliphatic rings. The molecule has 1 aromatic rings. The lowest BCUT2D eigenvalue weighted by Gasteiger charge is -2.14. The molecule has 0 aromatic heterocycles. The van der Waals surface area contributed by atoms with Gasteiger partial charge in [-0.25, -0.2) is 0 Å². The van der Waals surface area contributed by atoms with Crippen LogP contribution in [0.1, 0.15) is 25.8 Å². The number of nitriles is 1. The van der Waals surface area contributed by atoms with E-state index in [-0.39, 0.29) is 0 Å². The zero-order valence-electron chi connectivity index (χ0n) is 10.4.